The maximum Gasteiger partial charge on any atom is 0.0765 e. The monoisotopic (exact) mass is 292 g/mol. The van der Waals surface area contributed by atoms with E-state index in [-0.39, 0.29) is 5.54 Å². The van der Waals surface area contributed by atoms with Crippen LogP contribution in [0.15, 0.2) is 12.3 Å². The molecule has 0 aromatic carbocycles. The van der Waals surface area contributed by atoms with Crippen LogP contribution in [0.1, 0.15) is 59.7 Å². The molecule has 0 spiro atoms. The molecule has 0 bridgehead atoms. The van der Waals surface area contributed by atoms with Crippen LogP contribution in [0.25, 0.3) is 0 Å². The lowest BCUT2D eigenvalue weighted by Crippen LogP contribution is -2.62. The van der Waals surface area contributed by atoms with Crippen LogP contribution in [0.5, 0.6) is 0 Å². The standard InChI is InChI=1S/C17H32N4/c1-7-14(4)16-10-18-17(5,6)12-20(16)11-15-8-9-21(19-15)13(2)3/h8-9,13-14,16,18H,7,10-12H2,1-6H3. The molecule has 4 nitrogen and oxygen atoms in total. The summed E-state index contributed by atoms with van der Waals surface area (Å²) in [5, 5.41) is 8.42. The minimum atomic E-state index is 0.185. The Morgan fingerprint density at radius 1 is 1.38 bits per heavy atom. The van der Waals surface area contributed by atoms with Gasteiger partial charge in [0.1, 0.15) is 0 Å². The third-order valence-electron chi connectivity index (χ3n) is 4.72. The number of nitrogens with zero attached hydrogens (tertiary/aromatic N) is 3. The molecule has 1 N–H and O–H groups in total. The van der Waals surface area contributed by atoms with Gasteiger partial charge in [0, 0.05) is 43.5 Å². The number of piperazine rings is 1. The average molecular weight is 292 g/mol. The Morgan fingerprint density at radius 2 is 2.10 bits per heavy atom. The highest BCUT2D eigenvalue weighted by Gasteiger charge is 2.34. The summed E-state index contributed by atoms with van der Waals surface area (Å²) in [6.07, 6.45) is 3.33. The van der Waals surface area contributed by atoms with E-state index in [2.05, 4.69) is 68.7 Å². The van der Waals surface area contributed by atoms with Crippen molar-refractivity contribution in [2.75, 3.05) is 13.1 Å². The molecule has 2 heterocycles. The fourth-order valence-electron chi connectivity index (χ4n) is 3.15. The molecule has 0 amide bonds. The second-order valence-electron chi connectivity index (χ2n) is 7.50. The van der Waals surface area contributed by atoms with Crippen molar-refractivity contribution < 1.29 is 0 Å². The molecule has 1 fully saturated rings. The molecule has 2 rings (SSSR count). The SMILES string of the molecule is CCC(C)C1CNC(C)(C)CN1Cc1ccn(C(C)C)n1. The van der Waals surface area contributed by atoms with E-state index in [4.69, 9.17) is 5.10 Å². The molecule has 1 aliphatic rings. The Hall–Kier alpha value is -0.870. The molecule has 0 aliphatic carbocycles. The van der Waals surface area contributed by atoms with E-state index in [0.717, 1.165) is 19.6 Å². The largest absolute Gasteiger partial charge is 0.309 e. The summed E-state index contributed by atoms with van der Waals surface area (Å²) < 4.78 is 2.06. The number of hydrogen-bond acceptors (Lipinski definition) is 3. The molecule has 120 valence electrons. The van der Waals surface area contributed by atoms with Gasteiger partial charge in [0.15, 0.2) is 0 Å². The van der Waals surface area contributed by atoms with Crippen molar-refractivity contribution in [3.63, 3.8) is 0 Å². The number of hydrogen-bond donors (Lipinski definition) is 1. The fourth-order valence-corrected chi connectivity index (χ4v) is 3.15. The van der Waals surface area contributed by atoms with Crippen molar-refractivity contribution >= 4 is 0 Å². The van der Waals surface area contributed by atoms with Gasteiger partial charge in [0.25, 0.3) is 0 Å². The van der Waals surface area contributed by atoms with E-state index in [1.165, 1.54) is 12.1 Å². The lowest BCUT2D eigenvalue weighted by Gasteiger charge is -2.46. The van der Waals surface area contributed by atoms with Gasteiger partial charge < -0.3 is 5.32 Å². The van der Waals surface area contributed by atoms with Crippen LogP contribution in [0.3, 0.4) is 0 Å². The molecular formula is C17H32N4. The Labute approximate surface area is 129 Å². The van der Waals surface area contributed by atoms with Gasteiger partial charge in [-0.05, 0) is 39.7 Å². The van der Waals surface area contributed by atoms with E-state index in [1.54, 1.807) is 0 Å². The second-order valence-corrected chi connectivity index (χ2v) is 7.50. The lowest BCUT2D eigenvalue weighted by molar-refractivity contribution is 0.0559. The van der Waals surface area contributed by atoms with Gasteiger partial charge in [-0.2, -0.15) is 5.10 Å². The molecule has 0 saturated carbocycles. The average Bonchev–Trinajstić information content (AvgIpc) is 2.86. The lowest BCUT2D eigenvalue weighted by atomic mass is 9.90. The minimum absolute atomic E-state index is 0.185. The smallest absolute Gasteiger partial charge is 0.0765 e. The van der Waals surface area contributed by atoms with E-state index < -0.39 is 0 Å². The second kappa shape index (κ2) is 6.49. The molecule has 2 atom stereocenters. The van der Waals surface area contributed by atoms with E-state index >= 15 is 0 Å². The predicted octanol–water partition coefficient (Wildman–Crippen LogP) is 3.06. The summed E-state index contributed by atoms with van der Waals surface area (Å²) in [4.78, 5) is 2.62. The summed E-state index contributed by atoms with van der Waals surface area (Å²) in [5.41, 5.74) is 1.37. The van der Waals surface area contributed by atoms with Crippen molar-refractivity contribution in [3.8, 4) is 0 Å². The minimum Gasteiger partial charge on any atom is -0.309 e. The number of nitrogens with one attached hydrogen (secondary N) is 1. The van der Waals surface area contributed by atoms with Crippen LogP contribution in [-0.4, -0.2) is 39.4 Å². The van der Waals surface area contributed by atoms with Gasteiger partial charge >= 0.3 is 0 Å². The molecule has 1 aromatic rings. The molecular weight excluding hydrogens is 260 g/mol. The first-order valence-electron chi connectivity index (χ1n) is 8.35. The normalized spacial score (nSPS) is 24.4. The zero-order valence-corrected chi connectivity index (χ0v) is 14.6. The van der Waals surface area contributed by atoms with Gasteiger partial charge in [-0.15, -0.1) is 0 Å². The topological polar surface area (TPSA) is 33.1 Å². The Bertz CT molecular complexity index is 449. The molecule has 1 aliphatic heterocycles. The highest BCUT2D eigenvalue weighted by atomic mass is 15.3. The predicted molar refractivity (Wildman–Crippen MR) is 88.3 cm³/mol. The summed E-state index contributed by atoms with van der Waals surface area (Å²) in [6, 6.07) is 3.21. The molecule has 1 aromatic heterocycles. The highest BCUT2D eigenvalue weighted by molar-refractivity contribution is 5.03. The van der Waals surface area contributed by atoms with Crippen molar-refractivity contribution in [1.29, 1.82) is 0 Å². The molecule has 21 heavy (non-hydrogen) atoms. The first-order chi connectivity index (χ1) is 9.82. The van der Waals surface area contributed by atoms with Crippen molar-refractivity contribution in [3.05, 3.63) is 18.0 Å². The van der Waals surface area contributed by atoms with Crippen LogP contribution >= 0.6 is 0 Å². The van der Waals surface area contributed by atoms with Gasteiger partial charge in [-0.25, -0.2) is 0 Å². The van der Waals surface area contributed by atoms with Gasteiger partial charge in [0.2, 0.25) is 0 Å². The van der Waals surface area contributed by atoms with Gasteiger partial charge in [0.05, 0.1) is 5.69 Å². The number of rotatable bonds is 5. The fraction of sp³-hybridized carbons (Fsp3) is 0.824. The van der Waals surface area contributed by atoms with Crippen molar-refractivity contribution in [2.45, 2.75) is 72.1 Å². The van der Waals surface area contributed by atoms with Crippen LogP contribution in [0, 0.1) is 5.92 Å². The van der Waals surface area contributed by atoms with Crippen LogP contribution < -0.4 is 5.32 Å². The number of aromatic nitrogens is 2. The third-order valence-corrected chi connectivity index (χ3v) is 4.72. The Balaban J connectivity index is 2.11. The summed E-state index contributed by atoms with van der Waals surface area (Å²) in [6.45, 7) is 16.7. The summed E-state index contributed by atoms with van der Waals surface area (Å²) >= 11 is 0. The van der Waals surface area contributed by atoms with Crippen molar-refractivity contribution in [2.24, 2.45) is 5.92 Å². The van der Waals surface area contributed by atoms with Gasteiger partial charge in [-0.1, -0.05) is 20.3 Å². The Kier molecular flexibility index (Phi) is 5.10. The van der Waals surface area contributed by atoms with E-state index in [9.17, 15) is 0 Å². The van der Waals surface area contributed by atoms with Crippen LogP contribution in [-0.2, 0) is 6.54 Å². The molecule has 1 saturated heterocycles. The van der Waals surface area contributed by atoms with E-state index in [0.29, 0.717) is 18.0 Å². The maximum atomic E-state index is 4.73. The zero-order chi connectivity index (χ0) is 15.6. The van der Waals surface area contributed by atoms with Crippen LogP contribution in [0.4, 0.5) is 0 Å². The molecule has 2 unspecified atom stereocenters. The Morgan fingerprint density at radius 3 is 2.67 bits per heavy atom. The highest BCUT2D eigenvalue weighted by Crippen LogP contribution is 2.24. The van der Waals surface area contributed by atoms with E-state index in [1.807, 2.05) is 0 Å². The third kappa shape index (κ3) is 4.07. The first-order valence-corrected chi connectivity index (χ1v) is 8.35. The molecule has 4 heteroatoms. The zero-order valence-electron chi connectivity index (χ0n) is 14.6. The maximum absolute atomic E-state index is 4.73. The summed E-state index contributed by atoms with van der Waals surface area (Å²) in [7, 11) is 0. The van der Waals surface area contributed by atoms with Gasteiger partial charge in [-0.3, -0.25) is 9.58 Å². The van der Waals surface area contributed by atoms with Crippen molar-refractivity contribution in [1.82, 2.24) is 20.0 Å². The molecule has 0 radical (unpaired) electrons. The quantitative estimate of drug-likeness (QED) is 0.905. The van der Waals surface area contributed by atoms with Crippen LogP contribution in [0.2, 0.25) is 0 Å². The summed E-state index contributed by atoms with van der Waals surface area (Å²) in [5.74, 6) is 0.709. The first kappa shape index (κ1) is 16.5.